The van der Waals surface area contributed by atoms with Crippen LogP contribution in [0.1, 0.15) is 23.8 Å². The highest BCUT2D eigenvalue weighted by Crippen LogP contribution is 1.88. The van der Waals surface area contributed by atoms with Crippen LogP contribution in [0.2, 0.25) is 0 Å². The fourth-order valence-corrected chi connectivity index (χ4v) is 1.16. The smallest absolute Gasteiger partial charge is 0.268 e. The quantitative estimate of drug-likeness (QED) is 0.652. The number of nitrogens with one attached hydrogen (secondary N) is 3. The Morgan fingerprint density at radius 1 is 1.29 bits per heavy atom. The number of hydrogen-bond acceptors (Lipinski definition) is 3. The molecular weight excluding hydrogens is 222 g/mol. The van der Waals surface area contributed by atoms with Crippen molar-refractivity contribution in [2.24, 2.45) is 0 Å². The number of aromatic nitrogens is 1. The fourth-order valence-electron chi connectivity index (χ4n) is 1.16. The second-order valence-electron chi connectivity index (χ2n) is 3.46. The second-order valence-corrected chi connectivity index (χ2v) is 3.46. The summed E-state index contributed by atoms with van der Waals surface area (Å²) < 4.78 is 0. The summed E-state index contributed by atoms with van der Waals surface area (Å²) in [6.07, 6.45) is 0.839. The molecular formula is C11H15N3O3. The Morgan fingerprint density at radius 3 is 2.71 bits per heavy atom. The summed E-state index contributed by atoms with van der Waals surface area (Å²) >= 11 is 0. The van der Waals surface area contributed by atoms with E-state index in [1.165, 1.54) is 18.2 Å². The van der Waals surface area contributed by atoms with E-state index in [-0.39, 0.29) is 23.7 Å². The van der Waals surface area contributed by atoms with E-state index in [1.54, 1.807) is 0 Å². The first-order valence-corrected chi connectivity index (χ1v) is 5.37. The zero-order valence-electron chi connectivity index (χ0n) is 9.58. The van der Waals surface area contributed by atoms with E-state index in [0.29, 0.717) is 6.54 Å². The zero-order valence-corrected chi connectivity index (χ0v) is 9.58. The van der Waals surface area contributed by atoms with Crippen molar-refractivity contribution in [3.63, 3.8) is 0 Å². The van der Waals surface area contributed by atoms with Gasteiger partial charge in [-0.1, -0.05) is 13.0 Å². The number of H-pyrrole nitrogens is 1. The van der Waals surface area contributed by atoms with Crippen LogP contribution in [0.25, 0.3) is 0 Å². The van der Waals surface area contributed by atoms with Gasteiger partial charge in [-0.25, -0.2) is 0 Å². The van der Waals surface area contributed by atoms with E-state index in [1.807, 2.05) is 6.92 Å². The molecule has 92 valence electrons. The van der Waals surface area contributed by atoms with Gasteiger partial charge in [-0.2, -0.15) is 0 Å². The molecule has 0 bridgehead atoms. The molecule has 2 amide bonds. The Hall–Kier alpha value is -2.11. The van der Waals surface area contributed by atoms with Crippen LogP contribution in [0, 0.1) is 0 Å². The van der Waals surface area contributed by atoms with Crippen LogP contribution in [0.15, 0.2) is 23.0 Å². The van der Waals surface area contributed by atoms with Crippen molar-refractivity contribution in [1.82, 2.24) is 15.6 Å². The molecule has 0 radical (unpaired) electrons. The summed E-state index contributed by atoms with van der Waals surface area (Å²) in [5.74, 6) is -0.729. The first kappa shape index (κ1) is 13.0. The molecule has 0 spiro atoms. The van der Waals surface area contributed by atoms with Crippen LogP contribution in [-0.4, -0.2) is 29.9 Å². The maximum Gasteiger partial charge on any atom is 0.268 e. The summed E-state index contributed by atoms with van der Waals surface area (Å²) in [5.41, 5.74) is -0.214. The monoisotopic (exact) mass is 237 g/mol. The molecule has 6 nitrogen and oxygen atoms in total. The number of hydrogen-bond donors (Lipinski definition) is 3. The molecule has 0 atom stereocenters. The molecule has 1 aromatic rings. The number of rotatable bonds is 5. The third kappa shape index (κ3) is 4.50. The van der Waals surface area contributed by atoms with Gasteiger partial charge < -0.3 is 15.6 Å². The lowest BCUT2D eigenvalue weighted by Crippen LogP contribution is -2.37. The van der Waals surface area contributed by atoms with Crippen LogP contribution in [0.5, 0.6) is 0 Å². The molecule has 0 aromatic carbocycles. The molecule has 17 heavy (non-hydrogen) atoms. The van der Waals surface area contributed by atoms with E-state index in [0.717, 1.165) is 6.42 Å². The van der Waals surface area contributed by atoms with Crippen molar-refractivity contribution in [3.8, 4) is 0 Å². The van der Waals surface area contributed by atoms with Gasteiger partial charge in [-0.15, -0.1) is 0 Å². The first-order chi connectivity index (χ1) is 8.13. The summed E-state index contributed by atoms with van der Waals surface area (Å²) in [5, 5.41) is 5.04. The maximum atomic E-state index is 11.5. The number of carbonyl (C=O) groups is 2. The number of amides is 2. The van der Waals surface area contributed by atoms with Crippen molar-refractivity contribution in [2.45, 2.75) is 13.3 Å². The van der Waals surface area contributed by atoms with E-state index in [2.05, 4.69) is 15.6 Å². The highest BCUT2D eigenvalue weighted by Gasteiger charge is 2.07. The molecule has 0 aliphatic carbocycles. The zero-order chi connectivity index (χ0) is 12.7. The summed E-state index contributed by atoms with van der Waals surface area (Å²) in [7, 11) is 0. The van der Waals surface area contributed by atoms with Crippen LogP contribution >= 0.6 is 0 Å². The van der Waals surface area contributed by atoms with Crippen LogP contribution in [0.3, 0.4) is 0 Å². The number of aromatic amines is 1. The Bertz CT molecular complexity index is 453. The third-order valence-corrected chi connectivity index (χ3v) is 1.99. The van der Waals surface area contributed by atoms with Gasteiger partial charge in [-0.05, 0) is 12.5 Å². The van der Waals surface area contributed by atoms with Crippen molar-refractivity contribution < 1.29 is 9.59 Å². The highest BCUT2D eigenvalue weighted by molar-refractivity contribution is 5.94. The van der Waals surface area contributed by atoms with Gasteiger partial charge in [0, 0.05) is 12.6 Å². The van der Waals surface area contributed by atoms with Crippen molar-refractivity contribution >= 4 is 11.8 Å². The van der Waals surface area contributed by atoms with E-state index in [9.17, 15) is 14.4 Å². The predicted octanol–water partition coefficient (Wildman–Crippen LogP) is -0.369. The molecule has 0 fully saturated rings. The van der Waals surface area contributed by atoms with Gasteiger partial charge >= 0.3 is 0 Å². The number of carbonyl (C=O) groups excluding carboxylic acids is 2. The van der Waals surface area contributed by atoms with Gasteiger partial charge in [0.05, 0.1) is 6.54 Å². The van der Waals surface area contributed by atoms with E-state index >= 15 is 0 Å². The normalized spacial score (nSPS) is 9.71. The molecule has 1 heterocycles. The number of pyridine rings is 1. The molecule has 6 heteroatoms. The molecule has 0 aliphatic heterocycles. The Kier molecular flexibility index (Phi) is 4.93. The minimum atomic E-state index is -0.477. The lowest BCUT2D eigenvalue weighted by atomic mass is 10.3. The predicted molar refractivity (Wildman–Crippen MR) is 62.7 cm³/mol. The average Bonchev–Trinajstić information content (AvgIpc) is 2.33. The van der Waals surface area contributed by atoms with E-state index < -0.39 is 5.91 Å². The van der Waals surface area contributed by atoms with Crippen LogP contribution in [-0.2, 0) is 4.79 Å². The SMILES string of the molecule is CCCNC(=O)CNC(=O)c1cccc(=O)[nH]1. The average molecular weight is 237 g/mol. The minimum Gasteiger partial charge on any atom is -0.355 e. The third-order valence-electron chi connectivity index (χ3n) is 1.99. The van der Waals surface area contributed by atoms with Crippen LogP contribution < -0.4 is 16.2 Å². The Labute approximate surface area is 98.4 Å². The fraction of sp³-hybridized carbons (Fsp3) is 0.364. The topological polar surface area (TPSA) is 91.1 Å². The molecule has 1 aromatic heterocycles. The van der Waals surface area contributed by atoms with Gasteiger partial charge in [0.2, 0.25) is 11.5 Å². The highest BCUT2D eigenvalue weighted by atomic mass is 16.2. The van der Waals surface area contributed by atoms with Gasteiger partial charge in [0.25, 0.3) is 5.91 Å². The molecule has 0 aliphatic rings. The largest absolute Gasteiger partial charge is 0.355 e. The molecule has 0 saturated carbocycles. The maximum absolute atomic E-state index is 11.5. The van der Waals surface area contributed by atoms with Gasteiger partial charge in [-0.3, -0.25) is 14.4 Å². The second kappa shape index (κ2) is 6.47. The van der Waals surface area contributed by atoms with E-state index in [4.69, 9.17) is 0 Å². The van der Waals surface area contributed by atoms with Crippen molar-refractivity contribution in [2.75, 3.05) is 13.1 Å². The molecule has 0 unspecified atom stereocenters. The van der Waals surface area contributed by atoms with Crippen LogP contribution in [0.4, 0.5) is 0 Å². The van der Waals surface area contributed by atoms with Crippen molar-refractivity contribution in [1.29, 1.82) is 0 Å². The lowest BCUT2D eigenvalue weighted by Gasteiger charge is -2.05. The summed E-state index contributed by atoms with van der Waals surface area (Å²) in [4.78, 5) is 36.1. The minimum absolute atomic E-state index is 0.101. The van der Waals surface area contributed by atoms with Gasteiger partial charge in [0.15, 0.2) is 0 Å². The Balaban J connectivity index is 2.45. The van der Waals surface area contributed by atoms with Gasteiger partial charge in [0.1, 0.15) is 5.69 Å². The standard InChI is InChI=1S/C11H15N3O3/c1-2-6-12-10(16)7-13-11(17)8-4-3-5-9(15)14-8/h3-5H,2,6-7H2,1H3,(H,12,16)(H,13,17)(H,14,15). The van der Waals surface area contributed by atoms with Crippen molar-refractivity contribution in [3.05, 3.63) is 34.2 Å². The summed E-state index contributed by atoms with van der Waals surface area (Å²) in [6, 6.07) is 4.26. The Morgan fingerprint density at radius 2 is 2.06 bits per heavy atom. The lowest BCUT2D eigenvalue weighted by molar-refractivity contribution is -0.120. The summed E-state index contributed by atoms with van der Waals surface area (Å²) in [6.45, 7) is 2.42. The first-order valence-electron chi connectivity index (χ1n) is 5.37. The molecule has 3 N–H and O–H groups in total. The molecule has 1 rings (SSSR count). The molecule has 0 saturated heterocycles.